The number of aromatic nitrogens is 1. The first-order valence-electron chi connectivity index (χ1n) is 5.04. The van der Waals surface area contributed by atoms with E-state index in [-0.39, 0.29) is 5.56 Å². The van der Waals surface area contributed by atoms with Gasteiger partial charge >= 0.3 is 5.97 Å². The number of carboxylic acids is 1. The molecular formula is C13H10ClNO2. The predicted molar refractivity (Wildman–Crippen MR) is 66.4 cm³/mol. The average molecular weight is 248 g/mol. The van der Waals surface area contributed by atoms with Crippen LogP contribution in [0.25, 0.3) is 11.3 Å². The monoisotopic (exact) mass is 247 g/mol. The van der Waals surface area contributed by atoms with E-state index in [4.69, 9.17) is 16.7 Å². The number of rotatable bonds is 2. The molecule has 1 N–H and O–H groups in total. The molecule has 3 nitrogen and oxygen atoms in total. The van der Waals surface area contributed by atoms with Crippen molar-refractivity contribution in [3.8, 4) is 11.3 Å². The zero-order chi connectivity index (χ0) is 12.4. The normalized spacial score (nSPS) is 10.2. The molecule has 1 aromatic heterocycles. The third kappa shape index (κ3) is 2.29. The van der Waals surface area contributed by atoms with E-state index in [9.17, 15) is 4.79 Å². The molecule has 17 heavy (non-hydrogen) atoms. The van der Waals surface area contributed by atoms with Gasteiger partial charge in [-0.05, 0) is 24.6 Å². The van der Waals surface area contributed by atoms with Crippen molar-refractivity contribution in [2.24, 2.45) is 0 Å². The van der Waals surface area contributed by atoms with Gasteiger partial charge in [-0.1, -0.05) is 29.8 Å². The molecule has 0 aliphatic rings. The fraction of sp³-hybridized carbons (Fsp3) is 0.0769. The summed E-state index contributed by atoms with van der Waals surface area (Å²) in [5.41, 5.74) is 2.36. The molecule has 0 unspecified atom stereocenters. The van der Waals surface area contributed by atoms with Gasteiger partial charge in [0.2, 0.25) is 0 Å². The quantitative estimate of drug-likeness (QED) is 0.885. The van der Waals surface area contributed by atoms with E-state index in [1.807, 2.05) is 18.2 Å². The lowest BCUT2D eigenvalue weighted by molar-refractivity contribution is 0.0695. The summed E-state index contributed by atoms with van der Waals surface area (Å²) in [6, 6.07) is 9.06. The number of halogens is 1. The second kappa shape index (κ2) is 4.55. The molecule has 0 saturated carbocycles. The highest BCUT2D eigenvalue weighted by molar-refractivity contribution is 6.33. The molecule has 0 aliphatic heterocycles. The Morgan fingerprint density at radius 2 is 2.06 bits per heavy atom. The first-order chi connectivity index (χ1) is 8.09. The van der Waals surface area contributed by atoms with Crippen LogP contribution in [-0.2, 0) is 0 Å². The number of hydrogen-bond acceptors (Lipinski definition) is 2. The number of carboxylic acid groups (broad SMARTS) is 1. The summed E-state index contributed by atoms with van der Waals surface area (Å²) in [4.78, 5) is 15.0. The molecular weight excluding hydrogens is 238 g/mol. The molecule has 0 radical (unpaired) electrons. The van der Waals surface area contributed by atoms with E-state index in [1.165, 1.54) is 6.20 Å². The minimum atomic E-state index is -0.972. The van der Waals surface area contributed by atoms with Gasteiger partial charge in [-0.15, -0.1) is 0 Å². The van der Waals surface area contributed by atoms with Crippen LogP contribution in [0, 0.1) is 6.92 Å². The molecule has 0 spiro atoms. The zero-order valence-corrected chi connectivity index (χ0v) is 9.90. The van der Waals surface area contributed by atoms with Crippen LogP contribution in [0.4, 0.5) is 0 Å². The molecule has 2 rings (SSSR count). The molecule has 0 bridgehead atoms. The Balaban J connectivity index is 2.52. The van der Waals surface area contributed by atoms with Gasteiger partial charge in [0.25, 0.3) is 0 Å². The molecule has 0 atom stereocenters. The SMILES string of the molecule is Cc1cc(-c2ccccc2Cl)ncc1C(=O)O. The number of benzene rings is 1. The Morgan fingerprint density at radius 3 is 2.65 bits per heavy atom. The highest BCUT2D eigenvalue weighted by Gasteiger charge is 2.10. The standard InChI is InChI=1S/C13H10ClNO2/c1-8-6-12(15-7-10(8)13(16)17)9-4-2-3-5-11(9)14/h2-7H,1H3,(H,16,17). The lowest BCUT2D eigenvalue weighted by Crippen LogP contribution is -2.01. The molecule has 0 saturated heterocycles. The number of aryl methyl sites for hydroxylation is 1. The summed E-state index contributed by atoms with van der Waals surface area (Å²) < 4.78 is 0. The summed E-state index contributed by atoms with van der Waals surface area (Å²) in [5, 5.41) is 9.52. The van der Waals surface area contributed by atoms with Gasteiger partial charge in [0, 0.05) is 16.8 Å². The van der Waals surface area contributed by atoms with Crippen molar-refractivity contribution in [1.29, 1.82) is 0 Å². The topological polar surface area (TPSA) is 50.2 Å². The summed E-state index contributed by atoms with van der Waals surface area (Å²) in [6.45, 7) is 1.74. The molecule has 1 heterocycles. The molecule has 2 aromatic rings. The number of hydrogen-bond donors (Lipinski definition) is 1. The Kier molecular flexibility index (Phi) is 3.11. The minimum absolute atomic E-state index is 0.209. The molecule has 86 valence electrons. The van der Waals surface area contributed by atoms with Gasteiger partial charge in [0.05, 0.1) is 11.3 Å². The highest BCUT2D eigenvalue weighted by atomic mass is 35.5. The molecule has 4 heteroatoms. The fourth-order valence-electron chi connectivity index (χ4n) is 1.60. The maximum absolute atomic E-state index is 10.9. The van der Waals surface area contributed by atoms with E-state index in [2.05, 4.69) is 4.98 Å². The van der Waals surface area contributed by atoms with Gasteiger partial charge in [0.15, 0.2) is 0 Å². The smallest absolute Gasteiger partial charge is 0.337 e. The van der Waals surface area contributed by atoms with Gasteiger partial charge < -0.3 is 5.11 Å². The van der Waals surface area contributed by atoms with Crippen LogP contribution in [0.2, 0.25) is 5.02 Å². The van der Waals surface area contributed by atoms with Crippen molar-refractivity contribution in [3.63, 3.8) is 0 Å². The second-order valence-electron chi connectivity index (χ2n) is 3.67. The van der Waals surface area contributed by atoms with Crippen molar-refractivity contribution in [2.45, 2.75) is 6.92 Å². The number of aromatic carboxylic acids is 1. The maximum atomic E-state index is 10.9. The Morgan fingerprint density at radius 1 is 1.35 bits per heavy atom. The number of carbonyl (C=O) groups is 1. The van der Waals surface area contributed by atoms with Crippen molar-refractivity contribution >= 4 is 17.6 Å². The lowest BCUT2D eigenvalue weighted by atomic mass is 10.1. The molecule has 0 amide bonds. The molecule has 0 aliphatic carbocycles. The third-order valence-corrected chi connectivity index (χ3v) is 2.82. The summed E-state index contributed by atoms with van der Waals surface area (Å²) in [6.07, 6.45) is 1.36. The van der Waals surface area contributed by atoms with Crippen LogP contribution in [0.1, 0.15) is 15.9 Å². The fourth-order valence-corrected chi connectivity index (χ4v) is 1.83. The van der Waals surface area contributed by atoms with Gasteiger partial charge in [-0.3, -0.25) is 4.98 Å². The maximum Gasteiger partial charge on any atom is 0.337 e. The van der Waals surface area contributed by atoms with E-state index < -0.39 is 5.97 Å². The van der Waals surface area contributed by atoms with Crippen LogP contribution >= 0.6 is 11.6 Å². The van der Waals surface area contributed by atoms with Crippen molar-refractivity contribution in [2.75, 3.05) is 0 Å². The Labute approximate surface area is 104 Å². The first kappa shape index (κ1) is 11.6. The Bertz CT molecular complexity index is 581. The van der Waals surface area contributed by atoms with Crippen LogP contribution < -0.4 is 0 Å². The lowest BCUT2D eigenvalue weighted by Gasteiger charge is -2.06. The van der Waals surface area contributed by atoms with E-state index in [0.29, 0.717) is 16.3 Å². The minimum Gasteiger partial charge on any atom is -0.478 e. The zero-order valence-electron chi connectivity index (χ0n) is 9.14. The van der Waals surface area contributed by atoms with Crippen molar-refractivity contribution in [1.82, 2.24) is 4.98 Å². The van der Waals surface area contributed by atoms with Crippen LogP contribution in [0.3, 0.4) is 0 Å². The predicted octanol–water partition coefficient (Wildman–Crippen LogP) is 3.41. The summed E-state index contributed by atoms with van der Waals surface area (Å²) in [5.74, 6) is -0.972. The Hall–Kier alpha value is -1.87. The van der Waals surface area contributed by atoms with E-state index in [1.54, 1.807) is 19.1 Å². The molecule has 0 fully saturated rings. The largest absolute Gasteiger partial charge is 0.478 e. The number of pyridine rings is 1. The van der Waals surface area contributed by atoms with Crippen LogP contribution in [0.15, 0.2) is 36.5 Å². The van der Waals surface area contributed by atoms with Crippen molar-refractivity contribution in [3.05, 3.63) is 52.7 Å². The van der Waals surface area contributed by atoms with E-state index >= 15 is 0 Å². The van der Waals surface area contributed by atoms with Crippen LogP contribution in [0.5, 0.6) is 0 Å². The van der Waals surface area contributed by atoms with E-state index in [0.717, 1.165) is 5.56 Å². The van der Waals surface area contributed by atoms with Crippen molar-refractivity contribution < 1.29 is 9.90 Å². The van der Waals surface area contributed by atoms with Crippen LogP contribution in [-0.4, -0.2) is 16.1 Å². The van der Waals surface area contributed by atoms with Gasteiger partial charge in [-0.25, -0.2) is 4.79 Å². The number of nitrogens with zero attached hydrogens (tertiary/aromatic N) is 1. The summed E-state index contributed by atoms with van der Waals surface area (Å²) >= 11 is 6.06. The van der Waals surface area contributed by atoms with Gasteiger partial charge in [0.1, 0.15) is 0 Å². The third-order valence-electron chi connectivity index (χ3n) is 2.49. The first-order valence-corrected chi connectivity index (χ1v) is 5.42. The average Bonchev–Trinajstić information content (AvgIpc) is 2.29. The second-order valence-corrected chi connectivity index (χ2v) is 4.08. The highest BCUT2D eigenvalue weighted by Crippen LogP contribution is 2.26. The summed E-state index contributed by atoms with van der Waals surface area (Å²) in [7, 11) is 0. The molecule has 1 aromatic carbocycles. The van der Waals surface area contributed by atoms with Gasteiger partial charge in [-0.2, -0.15) is 0 Å².